The van der Waals surface area contributed by atoms with Crippen molar-refractivity contribution in [2.45, 2.75) is 162 Å². The van der Waals surface area contributed by atoms with Gasteiger partial charge in [-0.15, -0.1) is 0 Å². The van der Waals surface area contributed by atoms with Crippen LogP contribution in [0.3, 0.4) is 0 Å². The summed E-state index contributed by atoms with van der Waals surface area (Å²) in [6, 6.07) is 0. The van der Waals surface area contributed by atoms with Crippen molar-refractivity contribution in [3.8, 4) is 0 Å². The predicted octanol–water partition coefficient (Wildman–Crippen LogP) is 9.33. The van der Waals surface area contributed by atoms with Crippen molar-refractivity contribution in [3.05, 3.63) is 0 Å². The van der Waals surface area contributed by atoms with Gasteiger partial charge in [0.25, 0.3) is 0 Å². The van der Waals surface area contributed by atoms with Crippen molar-refractivity contribution in [3.63, 3.8) is 0 Å². The SMILES string of the molecule is CCCCCCCCCCCCOC(=O)C1CCCC1C(=O)OCCCCCCCCCCCC. The molecule has 0 amide bonds. The molecular formula is C31H58O4. The van der Waals surface area contributed by atoms with E-state index in [9.17, 15) is 9.59 Å². The monoisotopic (exact) mass is 494 g/mol. The molecule has 1 fully saturated rings. The van der Waals surface area contributed by atoms with E-state index in [1.165, 1.54) is 103 Å². The molecule has 2 atom stereocenters. The molecular weight excluding hydrogens is 436 g/mol. The number of esters is 2. The molecule has 206 valence electrons. The van der Waals surface area contributed by atoms with Crippen LogP contribution in [0.4, 0.5) is 0 Å². The maximum Gasteiger partial charge on any atom is 0.309 e. The second-order valence-electron chi connectivity index (χ2n) is 10.8. The summed E-state index contributed by atoms with van der Waals surface area (Å²) >= 11 is 0. The Kier molecular flexibility index (Phi) is 21.3. The molecule has 0 aromatic carbocycles. The summed E-state index contributed by atoms with van der Waals surface area (Å²) in [5, 5.41) is 0. The number of rotatable bonds is 24. The third-order valence-corrected chi connectivity index (χ3v) is 7.61. The second kappa shape index (κ2) is 23.3. The number of carbonyl (C=O) groups is 2. The van der Waals surface area contributed by atoms with E-state index in [1.54, 1.807) is 0 Å². The van der Waals surface area contributed by atoms with Gasteiger partial charge in [0.15, 0.2) is 0 Å². The van der Waals surface area contributed by atoms with Gasteiger partial charge < -0.3 is 9.47 Å². The zero-order valence-corrected chi connectivity index (χ0v) is 23.5. The highest BCUT2D eigenvalue weighted by Crippen LogP contribution is 2.33. The normalized spacial score (nSPS) is 17.5. The Morgan fingerprint density at radius 3 is 1.09 bits per heavy atom. The second-order valence-corrected chi connectivity index (χ2v) is 10.8. The lowest BCUT2D eigenvalue weighted by Crippen LogP contribution is -2.29. The first-order chi connectivity index (χ1) is 17.2. The minimum atomic E-state index is -0.293. The standard InChI is InChI=1S/C31H58O4/c1-3-5-7-9-11-13-15-17-19-21-26-34-30(32)28-24-23-25-29(28)31(33)35-27-22-20-18-16-14-12-10-8-6-4-2/h28-29H,3-27H2,1-2H3. The fourth-order valence-corrected chi connectivity index (χ4v) is 5.26. The largest absolute Gasteiger partial charge is 0.465 e. The molecule has 1 aliphatic carbocycles. The van der Waals surface area contributed by atoms with Crippen LogP contribution in [0, 0.1) is 11.8 Å². The van der Waals surface area contributed by atoms with E-state index in [2.05, 4.69) is 13.8 Å². The zero-order valence-electron chi connectivity index (χ0n) is 23.5. The first-order valence-corrected chi connectivity index (χ1v) is 15.5. The summed E-state index contributed by atoms with van der Waals surface area (Å²) in [7, 11) is 0. The summed E-state index contributed by atoms with van der Waals surface area (Å²) in [6.45, 7) is 5.50. The van der Waals surface area contributed by atoms with E-state index in [-0.39, 0.29) is 23.8 Å². The Labute approximate surface area is 217 Å². The van der Waals surface area contributed by atoms with Crippen LogP contribution in [0.5, 0.6) is 0 Å². The summed E-state index contributed by atoms with van der Waals surface area (Å²) in [4.78, 5) is 25.1. The molecule has 0 heterocycles. The molecule has 1 rings (SSSR count). The number of hydrogen-bond donors (Lipinski definition) is 0. The van der Waals surface area contributed by atoms with Crippen molar-refractivity contribution in [1.82, 2.24) is 0 Å². The number of unbranched alkanes of at least 4 members (excludes halogenated alkanes) is 18. The van der Waals surface area contributed by atoms with Crippen molar-refractivity contribution in [2.24, 2.45) is 11.8 Å². The van der Waals surface area contributed by atoms with Gasteiger partial charge in [0.05, 0.1) is 25.0 Å². The third kappa shape index (κ3) is 17.1. The molecule has 0 aromatic heterocycles. The molecule has 0 aliphatic heterocycles. The van der Waals surface area contributed by atoms with Crippen LogP contribution in [0.25, 0.3) is 0 Å². The van der Waals surface area contributed by atoms with Crippen molar-refractivity contribution in [2.75, 3.05) is 13.2 Å². The van der Waals surface area contributed by atoms with E-state index >= 15 is 0 Å². The lowest BCUT2D eigenvalue weighted by molar-refractivity contribution is -0.159. The molecule has 4 nitrogen and oxygen atoms in total. The van der Waals surface area contributed by atoms with E-state index < -0.39 is 0 Å². The van der Waals surface area contributed by atoms with Gasteiger partial charge in [-0.2, -0.15) is 0 Å². The molecule has 0 radical (unpaired) electrons. The van der Waals surface area contributed by atoms with E-state index in [1.807, 2.05) is 0 Å². The van der Waals surface area contributed by atoms with Gasteiger partial charge in [-0.25, -0.2) is 0 Å². The van der Waals surface area contributed by atoms with Gasteiger partial charge in [0.1, 0.15) is 0 Å². The molecule has 35 heavy (non-hydrogen) atoms. The van der Waals surface area contributed by atoms with Crippen LogP contribution in [0.2, 0.25) is 0 Å². The first kappa shape index (κ1) is 32.0. The number of hydrogen-bond acceptors (Lipinski definition) is 4. The Bertz CT molecular complexity index is 460. The quantitative estimate of drug-likeness (QED) is 0.0990. The fraction of sp³-hybridized carbons (Fsp3) is 0.935. The predicted molar refractivity (Wildman–Crippen MR) is 146 cm³/mol. The highest BCUT2D eigenvalue weighted by molar-refractivity contribution is 5.82. The molecule has 0 bridgehead atoms. The van der Waals surface area contributed by atoms with Crippen LogP contribution in [0.1, 0.15) is 162 Å². The Balaban J connectivity index is 2.01. The van der Waals surface area contributed by atoms with E-state index in [4.69, 9.17) is 9.47 Å². The van der Waals surface area contributed by atoms with E-state index in [0.29, 0.717) is 13.2 Å². The fourth-order valence-electron chi connectivity index (χ4n) is 5.26. The maximum atomic E-state index is 12.6. The molecule has 4 heteroatoms. The lowest BCUT2D eigenvalue weighted by Gasteiger charge is -2.17. The Morgan fingerprint density at radius 1 is 0.486 bits per heavy atom. The maximum absolute atomic E-state index is 12.6. The summed E-state index contributed by atoms with van der Waals surface area (Å²) < 4.78 is 11.1. The molecule has 2 unspecified atom stereocenters. The van der Waals surface area contributed by atoms with Crippen LogP contribution in [0.15, 0.2) is 0 Å². The summed E-state index contributed by atoms with van der Waals surface area (Å²) in [5.74, 6) is -0.949. The minimum absolute atomic E-state index is 0.181. The van der Waals surface area contributed by atoms with Gasteiger partial charge >= 0.3 is 11.9 Å². The van der Waals surface area contributed by atoms with Gasteiger partial charge in [-0.3, -0.25) is 9.59 Å². The summed E-state index contributed by atoms with van der Waals surface area (Å²) in [6.07, 6.45) is 27.8. The number of ether oxygens (including phenoxy) is 2. The van der Waals surface area contributed by atoms with Crippen molar-refractivity contribution >= 4 is 11.9 Å². The highest BCUT2D eigenvalue weighted by Gasteiger charge is 2.39. The smallest absolute Gasteiger partial charge is 0.309 e. The van der Waals surface area contributed by atoms with Crippen LogP contribution < -0.4 is 0 Å². The molecule has 0 spiro atoms. The van der Waals surface area contributed by atoms with Crippen LogP contribution >= 0.6 is 0 Å². The molecule has 0 N–H and O–H groups in total. The van der Waals surface area contributed by atoms with E-state index in [0.717, 1.165) is 44.9 Å². The molecule has 0 aromatic rings. The average molecular weight is 495 g/mol. The average Bonchev–Trinajstić information content (AvgIpc) is 3.36. The zero-order chi connectivity index (χ0) is 25.4. The van der Waals surface area contributed by atoms with Crippen molar-refractivity contribution in [1.29, 1.82) is 0 Å². The molecule has 1 saturated carbocycles. The van der Waals surface area contributed by atoms with Gasteiger partial charge in [0, 0.05) is 0 Å². The minimum Gasteiger partial charge on any atom is -0.465 e. The molecule has 0 saturated heterocycles. The van der Waals surface area contributed by atoms with Crippen molar-refractivity contribution < 1.29 is 19.1 Å². The number of carbonyl (C=O) groups excluding carboxylic acids is 2. The first-order valence-electron chi connectivity index (χ1n) is 15.5. The third-order valence-electron chi connectivity index (χ3n) is 7.61. The highest BCUT2D eigenvalue weighted by atomic mass is 16.5. The van der Waals surface area contributed by atoms with Crippen LogP contribution in [-0.2, 0) is 19.1 Å². The Morgan fingerprint density at radius 2 is 0.771 bits per heavy atom. The van der Waals surface area contributed by atoms with Gasteiger partial charge in [-0.1, -0.05) is 136 Å². The molecule has 1 aliphatic rings. The topological polar surface area (TPSA) is 52.6 Å². The van der Waals surface area contributed by atoms with Gasteiger partial charge in [-0.05, 0) is 25.7 Å². The van der Waals surface area contributed by atoms with Crippen LogP contribution in [-0.4, -0.2) is 25.2 Å². The Hall–Kier alpha value is -1.06. The summed E-state index contributed by atoms with van der Waals surface area (Å²) in [5.41, 5.74) is 0. The van der Waals surface area contributed by atoms with Gasteiger partial charge in [0.2, 0.25) is 0 Å². The lowest BCUT2D eigenvalue weighted by atomic mass is 9.96.